The zero-order chi connectivity index (χ0) is 17.0. The third-order valence-electron chi connectivity index (χ3n) is 2.87. The lowest BCUT2D eigenvalue weighted by atomic mass is 9.92. The Hall–Kier alpha value is -1.85. The molecule has 1 amide bonds. The summed E-state index contributed by atoms with van der Waals surface area (Å²) < 4.78 is 5.19. The van der Waals surface area contributed by atoms with Gasteiger partial charge in [0.25, 0.3) is 0 Å². The number of nitrogens with one attached hydrogen (secondary N) is 1. The van der Waals surface area contributed by atoms with E-state index in [-0.39, 0.29) is 5.41 Å². The molecule has 0 fully saturated rings. The van der Waals surface area contributed by atoms with Crippen LogP contribution in [0.25, 0.3) is 0 Å². The molecular formula is C16H28N4O2. The number of hydrogen-bond donors (Lipinski definition) is 1. The van der Waals surface area contributed by atoms with Crippen molar-refractivity contribution in [3.63, 3.8) is 0 Å². The highest BCUT2D eigenvalue weighted by Gasteiger charge is 2.18. The van der Waals surface area contributed by atoms with Crippen molar-refractivity contribution in [3.8, 4) is 0 Å². The van der Waals surface area contributed by atoms with Crippen molar-refractivity contribution < 1.29 is 9.53 Å². The van der Waals surface area contributed by atoms with Gasteiger partial charge in [0.15, 0.2) is 0 Å². The molecule has 0 bridgehead atoms. The van der Waals surface area contributed by atoms with Crippen LogP contribution in [-0.4, -0.2) is 41.8 Å². The quantitative estimate of drug-likeness (QED) is 0.926. The van der Waals surface area contributed by atoms with E-state index in [4.69, 9.17) is 4.74 Å². The molecule has 124 valence electrons. The molecule has 1 aromatic rings. The van der Waals surface area contributed by atoms with Crippen molar-refractivity contribution >= 4 is 12.0 Å². The van der Waals surface area contributed by atoms with Gasteiger partial charge in [-0.05, 0) is 26.8 Å². The predicted molar refractivity (Wildman–Crippen MR) is 88.2 cm³/mol. The Balaban J connectivity index is 2.53. The lowest BCUT2D eigenvalue weighted by Crippen LogP contribution is -2.37. The van der Waals surface area contributed by atoms with Crippen molar-refractivity contribution in [1.82, 2.24) is 15.3 Å². The van der Waals surface area contributed by atoms with E-state index < -0.39 is 11.7 Å². The molecule has 0 saturated heterocycles. The van der Waals surface area contributed by atoms with Crippen LogP contribution in [0.4, 0.5) is 10.7 Å². The van der Waals surface area contributed by atoms with E-state index in [2.05, 4.69) is 36.1 Å². The van der Waals surface area contributed by atoms with Gasteiger partial charge in [0.05, 0.1) is 5.69 Å². The molecule has 0 aromatic carbocycles. The van der Waals surface area contributed by atoms with Gasteiger partial charge in [0.1, 0.15) is 5.60 Å². The maximum Gasteiger partial charge on any atom is 0.407 e. The molecule has 1 rings (SSSR count). The highest BCUT2D eigenvalue weighted by molar-refractivity contribution is 5.67. The highest BCUT2D eigenvalue weighted by atomic mass is 16.6. The van der Waals surface area contributed by atoms with Crippen LogP contribution in [0.1, 0.15) is 47.2 Å². The number of amides is 1. The summed E-state index contributed by atoms with van der Waals surface area (Å²) in [4.78, 5) is 22.3. The molecule has 0 aliphatic heterocycles. The van der Waals surface area contributed by atoms with Gasteiger partial charge < -0.3 is 15.0 Å². The van der Waals surface area contributed by atoms with Crippen LogP contribution >= 0.6 is 0 Å². The summed E-state index contributed by atoms with van der Waals surface area (Å²) in [7, 11) is 1.90. The Morgan fingerprint density at radius 3 is 2.45 bits per heavy atom. The number of alkyl carbamates (subject to hydrolysis) is 1. The number of carbonyl (C=O) groups is 1. The van der Waals surface area contributed by atoms with Crippen molar-refractivity contribution in [2.24, 2.45) is 0 Å². The van der Waals surface area contributed by atoms with E-state index in [0.717, 1.165) is 5.69 Å². The average Bonchev–Trinajstić information content (AvgIpc) is 2.35. The minimum absolute atomic E-state index is 0.0205. The second kappa shape index (κ2) is 6.94. The number of anilines is 1. The summed E-state index contributed by atoms with van der Waals surface area (Å²) in [6.45, 7) is 12.9. The Bertz CT molecular complexity index is 504. The SMILES string of the molecule is CN(CCNC(=O)OC(C)(C)C)c1nccc(C(C)(C)C)n1. The summed E-state index contributed by atoms with van der Waals surface area (Å²) in [5, 5.41) is 2.73. The highest BCUT2D eigenvalue weighted by Crippen LogP contribution is 2.20. The third-order valence-corrected chi connectivity index (χ3v) is 2.87. The molecule has 0 aliphatic carbocycles. The fourth-order valence-corrected chi connectivity index (χ4v) is 1.69. The van der Waals surface area contributed by atoms with E-state index in [1.165, 1.54) is 0 Å². The molecule has 1 aromatic heterocycles. The number of ether oxygens (including phenoxy) is 1. The van der Waals surface area contributed by atoms with E-state index in [1.54, 1.807) is 6.20 Å². The molecule has 1 heterocycles. The van der Waals surface area contributed by atoms with Crippen LogP contribution in [0.15, 0.2) is 12.3 Å². The zero-order valence-electron chi connectivity index (χ0n) is 14.7. The number of nitrogens with zero attached hydrogens (tertiary/aromatic N) is 3. The van der Waals surface area contributed by atoms with Crippen LogP contribution in [-0.2, 0) is 10.2 Å². The normalized spacial score (nSPS) is 12.0. The van der Waals surface area contributed by atoms with Gasteiger partial charge in [-0.15, -0.1) is 0 Å². The topological polar surface area (TPSA) is 67.4 Å². The molecular weight excluding hydrogens is 280 g/mol. The summed E-state index contributed by atoms with van der Waals surface area (Å²) in [6.07, 6.45) is 1.35. The monoisotopic (exact) mass is 308 g/mol. The molecule has 1 N–H and O–H groups in total. The Kier molecular flexibility index (Phi) is 5.74. The van der Waals surface area contributed by atoms with Crippen LogP contribution in [0.2, 0.25) is 0 Å². The second-order valence-electron chi connectivity index (χ2n) is 7.34. The van der Waals surface area contributed by atoms with E-state index in [0.29, 0.717) is 19.0 Å². The van der Waals surface area contributed by atoms with Gasteiger partial charge >= 0.3 is 6.09 Å². The number of carbonyl (C=O) groups excluding carboxylic acids is 1. The molecule has 0 atom stereocenters. The van der Waals surface area contributed by atoms with Gasteiger partial charge in [-0.3, -0.25) is 0 Å². The van der Waals surface area contributed by atoms with Gasteiger partial charge in [-0.2, -0.15) is 0 Å². The van der Waals surface area contributed by atoms with Crippen LogP contribution in [0, 0.1) is 0 Å². The Morgan fingerprint density at radius 1 is 1.27 bits per heavy atom. The first-order valence-corrected chi connectivity index (χ1v) is 7.50. The van der Waals surface area contributed by atoms with Crippen LogP contribution in [0.3, 0.4) is 0 Å². The smallest absolute Gasteiger partial charge is 0.407 e. The molecule has 0 unspecified atom stereocenters. The fourth-order valence-electron chi connectivity index (χ4n) is 1.69. The number of aromatic nitrogens is 2. The van der Waals surface area contributed by atoms with E-state index >= 15 is 0 Å². The molecule has 0 spiro atoms. The third kappa shape index (κ3) is 6.28. The Morgan fingerprint density at radius 2 is 1.91 bits per heavy atom. The Labute approximate surface area is 133 Å². The molecule has 22 heavy (non-hydrogen) atoms. The standard InChI is InChI=1S/C16H28N4O2/c1-15(2,3)12-8-9-17-13(19-12)20(7)11-10-18-14(21)22-16(4,5)6/h8-9H,10-11H2,1-7H3,(H,18,21). The maximum atomic E-state index is 11.6. The van der Waals surface area contributed by atoms with Crippen molar-refractivity contribution in [2.75, 3.05) is 25.0 Å². The van der Waals surface area contributed by atoms with E-state index in [1.807, 2.05) is 38.8 Å². The first-order valence-electron chi connectivity index (χ1n) is 7.50. The summed E-state index contributed by atoms with van der Waals surface area (Å²) in [5.74, 6) is 0.651. The first-order chi connectivity index (χ1) is 9.99. The number of likely N-dealkylation sites (N-methyl/N-ethyl adjacent to an activating group) is 1. The van der Waals surface area contributed by atoms with Gasteiger partial charge in [0, 0.05) is 31.7 Å². The van der Waals surface area contributed by atoms with Gasteiger partial charge in [-0.25, -0.2) is 14.8 Å². The molecule has 0 radical (unpaired) electrons. The van der Waals surface area contributed by atoms with Crippen molar-refractivity contribution in [3.05, 3.63) is 18.0 Å². The first kappa shape index (κ1) is 18.2. The molecule has 0 saturated carbocycles. The van der Waals surface area contributed by atoms with E-state index in [9.17, 15) is 4.79 Å². The van der Waals surface area contributed by atoms with Crippen molar-refractivity contribution in [1.29, 1.82) is 0 Å². The van der Waals surface area contributed by atoms with Crippen LogP contribution < -0.4 is 10.2 Å². The lowest BCUT2D eigenvalue weighted by Gasteiger charge is -2.23. The maximum absolute atomic E-state index is 11.6. The molecule has 6 heteroatoms. The number of hydrogen-bond acceptors (Lipinski definition) is 5. The molecule has 6 nitrogen and oxygen atoms in total. The van der Waals surface area contributed by atoms with Gasteiger partial charge in [-0.1, -0.05) is 20.8 Å². The summed E-state index contributed by atoms with van der Waals surface area (Å²) >= 11 is 0. The summed E-state index contributed by atoms with van der Waals surface area (Å²) in [6, 6.07) is 1.93. The predicted octanol–water partition coefficient (Wildman–Crippen LogP) is 2.74. The second-order valence-corrected chi connectivity index (χ2v) is 7.34. The van der Waals surface area contributed by atoms with Gasteiger partial charge in [0.2, 0.25) is 5.95 Å². The fraction of sp³-hybridized carbons (Fsp3) is 0.688. The largest absolute Gasteiger partial charge is 0.444 e. The lowest BCUT2D eigenvalue weighted by molar-refractivity contribution is 0.0529. The zero-order valence-corrected chi connectivity index (χ0v) is 14.7. The minimum Gasteiger partial charge on any atom is -0.444 e. The van der Waals surface area contributed by atoms with Crippen LogP contribution in [0.5, 0.6) is 0 Å². The summed E-state index contributed by atoms with van der Waals surface area (Å²) in [5.41, 5.74) is 0.484. The number of rotatable bonds is 4. The average molecular weight is 308 g/mol. The minimum atomic E-state index is -0.486. The van der Waals surface area contributed by atoms with Crippen molar-refractivity contribution in [2.45, 2.75) is 52.6 Å². The molecule has 0 aliphatic rings.